The number of benzene rings is 1. The van der Waals surface area contributed by atoms with E-state index in [1.54, 1.807) is 6.20 Å². The highest BCUT2D eigenvalue weighted by Crippen LogP contribution is 2.22. The Kier molecular flexibility index (Phi) is 5.03. The van der Waals surface area contributed by atoms with Crippen LogP contribution in [0.5, 0.6) is 0 Å². The Hall–Kier alpha value is -2.20. The van der Waals surface area contributed by atoms with Crippen molar-refractivity contribution < 1.29 is 4.79 Å². The summed E-state index contributed by atoms with van der Waals surface area (Å²) in [6, 6.07) is 12.0. The van der Waals surface area contributed by atoms with E-state index in [1.165, 1.54) is 6.42 Å². The Bertz CT molecular complexity index is 655. The molecule has 3 rings (SSSR count). The van der Waals surface area contributed by atoms with E-state index in [2.05, 4.69) is 10.3 Å². The van der Waals surface area contributed by atoms with Crippen molar-refractivity contribution in [3.05, 3.63) is 54.4 Å². The van der Waals surface area contributed by atoms with Crippen LogP contribution in [0.15, 0.2) is 48.8 Å². The fourth-order valence-electron chi connectivity index (χ4n) is 3.23. The number of nitrogens with zero attached hydrogens (tertiary/aromatic N) is 2. The Labute approximate surface area is 137 Å². The topological polar surface area (TPSA) is 45.2 Å². The number of carbonyl (C=O) groups excluding carboxylic acids is 1. The molecular formula is C19H23N3O. The molecule has 0 spiro atoms. The lowest BCUT2D eigenvalue weighted by Crippen LogP contribution is -2.42. The average molecular weight is 309 g/mol. The van der Waals surface area contributed by atoms with Crippen molar-refractivity contribution >= 4 is 5.91 Å². The molecule has 2 heterocycles. The van der Waals surface area contributed by atoms with Crippen LogP contribution in [-0.2, 0) is 0 Å². The van der Waals surface area contributed by atoms with Gasteiger partial charge < -0.3 is 10.2 Å². The van der Waals surface area contributed by atoms with Gasteiger partial charge in [0.05, 0.1) is 5.56 Å². The minimum Gasteiger partial charge on any atom is -0.338 e. The lowest BCUT2D eigenvalue weighted by Gasteiger charge is -2.32. The summed E-state index contributed by atoms with van der Waals surface area (Å²) in [7, 11) is 1.97. The molecule has 0 bridgehead atoms. The molecule has 4 heteroatoms. The first-order valence-electron chi connectivity index (χ1n) is 8.22. The second kappa shape index (κ2) is 7.38. The Morgan fingerprint density at radius 2 is 2.09 bits per heavy atom. The van der Waals surface area contributed by atoms with Crippen molar-refractivity contribution in [1.82, 2.24) is 15.2 Å². The summed E-state index contributed by atoms with van der Waals surface area (Å²) >= 11 is 0. The molecule has 120 valence electrons. The zero-order chi connectivity index (χ0) is 16.1. The van der Waals surface area contributed by atoms with Crippen molar-refractivity contribution in [2.45, 2.75) is 12.8 Å². The van der Waals surface area contributed by atoms with Crippen LogP contribution < -0.4 is 5.32 Å². The summed E-state index contributed by atoms with van der Waals surface area (Å²) in [5.74, 6) is 0.638. The van der Waals surface area contributed by atoms with Crippen LogP contribution in [0, 0.1) is 5.92 Å². The second-order valence-electron chi connectivity index (χ2n) is 6.15. The number of piperidine rings is 1. The van der Waals surface area contributed by atoms with Gasteiger partial charge in [0.1, 0.15) is 0 Å². The van der Waals surface area contributed by atoms with Crippen LogP contribution in [-0.4, -0.2) is 42.5 Å². The third-order valence-electron chi connectivity index (χ3n) is 4.39. The molecule has 2 aromatic rings. The number of amides is 1. The van der Waals surface area contributed by atoms with Gasteiger partial charge in [-0.3, -0.25) is 9.78 Å². The molecule has 0 aliphatic carbocycles. The maximum absolute atomic E-state index is 12.8. The lowest BCUT2D eigenvalue weighted by molar-refractivity contribution is 0.0674. The molecule has 1 aliphatic rings. The summed E-state index contributed by atoms with van der Waals surface area (Å²) in [5.41, 5.74) is 2.75. The van der Waals surface area contributed by atoms with E-state index in [0.29, 0.717) is 11.5 Å². The van der Waals surface area contributed by atoms with E-state index in [4.69, 9.17) is 0 Å². The van der Waals surface area contributed by atoms with Gasteiger partial charge in [-0.15, -0.1) is 0 Å². The summed E-state index contributed by atoms with van der Waals surface area (Å²) < 4.78 is 0. The third kappa shape index (κ3) is 3.77. The molecule has 1 atom stereocenters. The fraction of sp³-hybridized carbons (Fsp3) is 0.368. The number of pyridine rings is 1. The smallest absolute Gasteiger partial charge is 0.255 e. The van der Waals surface area contributed by atoms with Gasteiger partial charge in [0.15, 0.2) is 0 Å². The summed E-state index contributed by atoms with van der Waals surface area (Å²) in [5, 5.41) is 3.22. The highest BCUT2D eigenvalue weighted by molar-refractivity contribution is 5.95. The molecular weight excluding hydrogens is 286 g/mol. The number of rotatable bonds is 4. The second-order valence-corrected chi connectivity index (χ2v) is 6.15. The maximum atomic E-state index is 12.8. The normalized spacial score (nSPS) is 18.0. The van der Waals surface area contributed by atoms with Crippen LogP contribution in [0.2, 0.25) is 0 Å². The number of hydrogen-bond donors (Lipinski definition) is 1. The lowest BCUT2D eigenvalue weighted by atomic mass is 9.97. The average Bonchev–Trinajstić information content (AvgIpc) is 2.62. The maximum Gasteiger partial charge on any atom is 0.255 e. The minimum absolute atomic E-state index is 0.0936. The molecule has 1 N–H and O–H groups in total. The van der Waals surface area contributed by atoms with Gasteiger partial charge >= 0.3 is 0 Å². The number of carbonyl (C=O) groups is 1. The molecule has 0 radical (unpaired) electrons. The molecule has 1 aliphatic heterocycles. The molecule has 4 nitrogen and oxygen atoms in total. The van der Waals surface area contributed by atoms with Gasteiger partial charge in [-0.1, -0.05) is 30.3 Å². The Morgan fingerprint density at radius 1 is 1.26 bits per heavy atom. The molecule has 1 saturated heterocycles. The first-order valence-corrected chi connectivity index (χ1v) is 8.22. The van der Waals surface area contributed by atoms with E-state index in [1.807, 2.05) is 54.5 Å². The van der Waals surface area contributed by atoms with Crippen LogP contribution in [0.1, 0.15) is 23.2 Å². The van der Waals surface area contributed by atoms with Gasteiger partial charge in [-0.05, 0) is 44.0 Å². The SMILES string of the molecule is CNCC1CCCN(C(=O)c2cncc(-c3ccccc3)c2)C1. The minimum atomic E-state index is 0.0936. The van der Waals surface area contributed by atoms with Crippen molar-refractivity contribution in [2.24, 2.45) is 5.92 Å². The van der Waals surface area contributed by atoms with Crippen molar-refractivity contribution in [2.75, 3.05) is 26.7 Å². The highest BCUT2D eigenvalue weighted by atomic mass is 16.2. The van der Waals surface area contributed by atoms with Crippen molar-refractivity contribution in [3.63, 3.8) is 0 Å². The highest BCUT2D eigenvalue weighted by Gasteiger charge is 2.24. The third-order valence-corrected chi connectivity index (χ3v) is 4.39. The van der Waals surface area contributed by atoms with E-state index >= 15 is 0 Å². The largest absolute Gasteiger partial charge is 0.338 e. The summed E-state index contributed by atoms with van der Waals surface area (Å²) in [4.78, 5) is 19.0. The van der Waals surface area contributed by atoms with Crippen molar-refractivity contribution in [3.8, 4) is 11.1 Å². The molecule has 1 aromatic carbocycles. The predicted molar refractivity (Wildman–Crippen MR) is 92.2 cm³/mol. The number of aromatic nitrogens is 1. The van der Waals surface area contributed by atoms with Gasteiger partial charge in [-0.25, -0.2) is 0 Å². The van der Waals surface area contributed by atoms with Gasteiger partial charge in [0, 0.05) is 31.0 Å². The monoisotopic (exact) mass is 309 g/mol. The van der Waals surface area contributed by atoms with E-state index in [-0.39, 0.29) is 5.91 Å². The van der Waals surface area contributed by atoms with E-state index in [0.717, 1.165) is 37.2 Å². The zero-order valence-electron chi connectivity index (χ0n) is 13.5. The molecule has 1 unspecified atom stereocenters. The van der Waals surface area contributed by atoms with Gasteiger partial charge in [0.25, 0.3) is 5.91 Å². The predicted octanol–water partition coefficient (Wildman–Crippen LogP) is 2.82. The molecule has 1 aromatic heterocycles. The first-order chi connectivity index (χ1) is 11.3. The van der Waals surface area contributed by atoms with E-state index in [9.17, 15) is 4.79 Å². The standard InChI is InChI=1S/C19H23N3O/c1-20-11-15-6-5-9-22(14-15)19(23)18-10-17(12-21-13-18)16-7-3-2-4-8-16/h2-4,7-8,10,12-13,15,20H,5-6,9,11,14H2,1H3. The van der Waals surface area contributed by atoms with Gasteiger partial charge in [-0.2, -0.15) is 0 Å². The van der Waals surface area contributed by atoms with Crippen LogP contribution in [0.3, 0.4) is 0 Å². The Morgan fingerprint density at radius 3 is 2.87 bits per heavy atom. The van der Waals surface area contributed by atoms with Crippen molar-refractivity contribution in [1.29, 1.82) is 0 Å². The van der Waals surface area contributed by atoms with Gasteiger partial charge in [0.2, 0.25) is 0 Å². The molecule has 0 saturated carbocycles. The number of likely N-dealkylation sites (tertiary alicyclic amines) is 1. The van der Waals surface area contributed by atoms with Crippen LogP contribution in [0.25, 0.3) is 11.1 Å². The Balaban J connectivity index is 1.77. The molecule has 23 heavy (non-hydrogen) atoms. The number of hydrogen-bond acceptors (Lipinski definition) is 3. The summed E-state index contributed by atoms with van der Waals surface area (Å²) in [6.07, 6.45) is 5.75. The molecule has 1 fully saturated rings. The molecule has 1 amide bonds. The quantitative estimate of drug-likeness (QED) is 0.944. The fourth-order valence-corrected chi connectivity index (χ4v) is 3.23. The van der Waals surface area contributed by atoms with E-state index < -0.39 is 0 Å². The van der Waals surface area contributed by atoms with Crippen LogP contribution in [0.4, 0.5) is 0 Å². The summed E-state index contributed by atoms with van der Waals surface area (Å²) in [6.45, 7) is 2.63. The zero-order valence-corrected chi connectivity index (χ0v) is 13.5. The first kappa shape index (κ1) is 15.7. The number of nitrogens with one attached hydrogen (secondary N) is 1. The van der Waals surface area contributed by atoms with Crippen LogP contribution >= 0.6 is 0 Å².